The number of anilines is 2. The van der Waals surface area contributed by atoms with E-state index in [-0.39, 0.29) is 11.2 Å². The fourth-order valence-corrected chi connectivity index (χ4v) is 3.74. The molecule has 0 aliphatic rings. The molecule has 0 aliphatic heterocycles. The van der Waals surface area contributed by atoms with Gasteiger partial charge in [0, 0.05) is 11.5 Å². The molecule has 0 atom stereocenters. The number of nitrogens with two attached hydrogens (primary N) is 1. The van der Waals surface area contributed by atoms with Crippen LogP contribution in [-0.2, 0) is 10.0 Å². The molecule has 4 nitrogen and oxygen atoms in total. The molecule has 0 unspecified atom stereocenters. The lowest BCUT2D eigenvalue weighted by atomic mass is 10.0. The van der Waals surface area contributed by atoms with Crippen molar-refractivity contribution in [2.24, 2.45) is 5.41 Å². The van der Waals surface area contributed by atoms with Gasteiger partial charge in [0.2, 0.25) is 10.0 Å². The van der Waals surface area contributed by atoms with Gasteiger partial charge in [0.1, 0.15) is 0 Å². The molecule has 18 heavy (non-hydrogen) atoms. The maximum Gasteiger partial charge on any atom is 0.235 e. The van der Waals surface area contributed by atoms with Crippen molar-refractivity contribution in [1.29, 1.82) is 0 Å². The van der Waals surface area contributed by atoms with Crippen LogP contribution >= 0.6 is 15.9 Å². The highest BCUT2D eigenvalue weighted by Crippen LogP contribution is 2.29. The Labute approximate surface area is 117 Å². The summed E-state index contributed by atoms with van der Waals surface area (Å²) in [5.41, 5.74) is 6.49. The van der Waals surface area contributed by atoms with E-state index in [9.17, 15) is 8.42 Å². The third kappa shape index (κ3) is 3.88. The van der Waals surface area contributed by atoms with Crippen LogP contribution in [0, 0.1) is 5.41 Å². The van der Waals surface area contributed by atoms with E-state index in [0.29, 0.717) is 11.4 Å². The average Bonchev–Trinajstić information content (AvgIpc) is 2.12. The Bertz CT molecular complexity index is 535. The van der Waals surface area contributed by atoms with Gasteiger partial charge in [-0.15, -0.1) is 0 Å². The second-order valence-electron chi connectivity index (χ2n) is 5.49. The van der Waals surface area contributed by atoms with E-state index >= 15 is 0 Å². The number of halogens is 1. The summed E-state index contributed by atoms with van der Waals surface area (Å²) in [6.07, 6.45) is 0. The molecule has 0 spiro atoms. The van der Waals surface area contributed by atoms with Crippen LogP contribution in [0.15, 0.2) is 22.7 Å². The standard InChI is InChI=1S/C12H19BrN2O2S/c1-12(2,3)8-18(16,17)15(4)11-6-5-9(13)7-10(11)14/h5-7H,8,14H2,1-4H3. The van der Waals surface area contributed by atoms with Crippen LogP contribution in [0.5, 0.6) is 0 Å². The molecular formula is C12H19BrN2O2S. The van der Waals surface area contributed by atoms with E-state index in [1.54, 1.807) is 18.2 Å². The highest BCUT2D eigenvalue weighted by Gasteiger charge is 2.26. The van der Waals surface area contributed by atoms with Crippen LogP contribution in [-0.4, -0.2) is 21.2 Å². The number of nitrogen functional groups attached to an aromatic ring is 1. The molecule has 1 rings (SSSR count). The highest BCUT2D eigenvalue weighted by atomic mass is 79.9. The topological polar surface area (TPSA) is 63.4 Å². The van der Waals surface area contributed by atoms with Crippen molar-refractivity contribution < 1.29 is 8.42 Å². The van der Waals surface area contributed by atoms with Gasteiger partial charge in [0.05, 0.1) is 17.1 Å². The van der Waals surface area contributed by atoms with Gasteiger partial charge in [-0.2, -0.15) is 0 Å². The first kappa shape index (κ1) is 15.3. The van der Waals surface area contributed by atoms with Crippen molar-refractivity contribution in [1.82, 2.24) is 0 Å². The molecule has 0 saturated carbocycles. The Morgan fingerprint density at radius 3 is 2.33 bits per heavy atom. The Balaban J connectivity index is 3.10. The lowest BCUT2D eigenvalue weighted by Gasteiger charge is -2.26. The van der Waals surface area contributed by atoms with E-state index in [0.717, 1.165) is 4.47 Å². The predicted molar refractivity (Wildman–Crippen MR) is 80.2 cm³/mol. The van der Waals surface area contributed by atoms with Gasteiger partial charge >= 0.3 is 0 Å². The zero-order chi connectivity index (χ0) is 14.1. The third-order valence-corrected chi connectivity index (χ3v) is 5.12. The second-order valence-corrected chi connectivity index (χ2v) is 8.40. The zero-order valence-electron chi connectivity index (χ0n) is 11.1. The number of benzene rings is 1. The first-order valence-corrected chi connectivity index (χ1v) is 7.95. The number of hydrogen-bond donors (Lipinski definition) is 1. The van der Waals surface area contributed by atoms with E-state index in [4.69, 9.17) is 5.73 Å². The minimum absolute atomic E-state index is 0.0754. The fraction of sp³-hybridized carbons (Fsp3) is 0.500. The van der Waals surface area contributed by atoms with Gasteiger partial charge in [0.15, 0.2) is 0 Å². The normalized spacial score (nSPS) is 12.5. The number of hydrogen-bond acceptors (Lipinski definition) is 3. The van der Waals surface area contributed by atoms with Crippen LogP contribution in [0.25, 0.3) is 0 Å². The SMILES string of the molecule is CN(c1ccc(Br)cc1N)S(=O)(=O)CC(C)(C)C. The summed E-state index contributed by atoms with van der Waals surface area (Å²) >= 11 is 3.30. The van der Waals surface area contributed by atoms with Crippen LogP contribution in [0.1, 0.15) is 20.8 Å². The number of nitrogens with zero attached hydrogens (tertiary/aromatic N) is 1. The van der Waals surface area contributed by atoms with E-state index < -0.39 is 10.0 Å². The van der Waals surface area contributed by atoms with Gasteiger partial charge in [-0.1, -0.05) is 36.7 Å². The van der Waals surface area contributed by atoms with Gasteiger partial charge in [-0.25, -0.2) is 8.42 Å². The van der Waals surface area contributed by atoms with E-state index in [1.807, 2.05) is 20.8 Å². The second kappa shape index (κ2) is 5.09. The molecule has 0 heterocycles. The summed E-state index contributed by atoms with van der Waals surface area (Å²) < 4.78 is 26.6. The minimum atomic E-state index is -3.37. The summed E-state index contributed by atoms with van der Waals surface area (Å²) in [6, 6.07) is 5.16. The summed E-state index contributed by atoms with van der Waals surface area (Å²) in [5.74, 6) is 0.0754. The van der Waals surface area contributed by atoms with Crippen molar-refractivity contribution in [2.75, 3.05) is 22.8 Å². The van der Waals surface area contributed by atoms with Crippen LogP contribution in [0.3, 0.4) is 0 Å². The monoisotopic (exact) mass is 334 g/mol. The molecule has 2 N–H and O–H groups in total. The molecule has 0 saturated heterocycles. The molecule has 1 aromatic rings. The maximum absolute atomic E-state index is 12.2. The lowest BCUT2D eigenvalue weighted by molar-refractivity contribution is 0.461. The molecule has 0 radical (unpaired) electrons. The Hall–Kier alpha value is -0.750. The maximum atomic E-state index is 12.2. The molecule has 0 amide bonds. The summed E-state index contributed by atoms with van der Waals surface area (Å²) in [5, 5.41) is 0. The van der Waals surface area contributed by atoms with Crippen molar-refractivity contribution in [3.63, 3.8) is 0 Å². The van der Waals surface area contributed by atoms with Crippen LogP contribution < -0.4 is 10.0 Å². The number of sulfonamides is 1. The highest BCUT2D eigenvalue weighted by molar-refractivity contribution is 9.10. The molecule has 0 bridgehead atoms. The molecule has 0 aliphatic carbocycles. The third-order valence-electron chi connectivity index (χ3n) is 2.36. The van der Waals surface area contributed by atoms with Crippen molar-refractivity contribution in [3.05, 3.63) is 22.7 Å². The molecule has 0 fully saturated rings. The smallest absolute Gasteiger partial charge is 0.235 e. The summed E-state index contributed by atoms with van der Waals surface area (Å²) in [4.78, 5) is 0. The van der Waals surface area contributed by atoms with Crippen LogP contribution in [0.4, 0.5) is 11.4 Å². The van der Waals surface area contributed by atoms with Gasteiger partial charge in [0.25, 0.3) is 0 Å². The van der Waals surface area contributed by atoms with Gasteiger partial charge < -0.3 is 5.73 Å². The lowest BCUT2D eigenvalue weighted by Crippen LogP contribution is -2.34. The van der Waals surface area contributed by atoms with Gasteiger partial charge in [-0.05, 0) is 23.6 Å². The Kier molecular flexibility index (Phi) is 4.33. The zero-order valence-corrected chi connectivity index (χ0v) is 13.5. The van der Waals surface area contributed by atoms with E-state index in [2.05, 4.69) is 15.9 Å². The predicted octanol–water partition coefficient (Wildman–Crippen LogP) is 2.84. The molecule has 102 valence electrons. The summed E-state index contributed by atoms with van der Waals surface area (Å²) in [7, 11) is -1.84. The van der Waals surface area contributed by atoms with Gasteiger partial charge in [-0.3, -0.25) is 4.31 Å². The fourth-order valence-electron chi connectivity index (χ4n) is 1.61. The quantitative estimate of drug-likeness (QED) is 0.864. The van der Waals surface area contributed by atoms with Crippen molar-refractivity contribution in [2.45, 2.75) is 20.8 Å². The van der Waals surface area contributed by atoms with E-state index in [1.165, 1.54) is 11.4 Å². The first-order chi connectivity index (χ1) is 8.03. The largest absolute Gasteiger partial charge is 0.397 e. The van der Waals surface area contributed by atoms with Crippen molar-refractivity contribution >= 4 is 37.3 Å². The number of rotatable bonds is 3. The molecule has 1 aromatic carbocycles. The summed E-state index contributed by atoms with van der Waals surface area (Å²) in [6.45, 7) is 5.68. The average molecular weight is 335 g/mol. The molecule has 6 heteroatoms. The molecule has 0 aromatic heterocycles. The Morgan fingerprint density at radius 1 is 1.33 bits per heavy atom. The van der Waals surface area contributed by atoms with Crippen LogP contribution in [0.2, 0.25) is 0 Å². The first-order valence-electron chi connectivity index (χ1n) is 5.54. The molecular weight excluding hydrogens is 316 g/mol. The Morgan fingerprint density at radius 2 is 1.89 bits per heavy atom. The van der Waals surface area contributed by atoms with Crippen molar-refractivity contribution in [3.8, 4) is 0 Å². The minimum Gasteiger partial charge on any atom is -0.397 e.